The average Bonchev–Trinajstić information content (AvgIpc) is 2.30. The number of nitrogens with one attached hydrogen (secondary N) is 1. The van der Waals surface area contributed by atoms with Gasteiger partial charge in [0.15, 0.2) is 0 Å². The lowest BCUT2D eigenvalue weighted by Gasteiger charge is -2.18. The summed E-state index contributed by atoms with van der Waals surface area (Å²) in [6.07, 6.45) is 0.868. The molecule has 96 valence electrons. The SMILES string of the molecule is Cc1ccc(C(C)NCC(C)CCO)cc1C. The van der Waals surface area contributed by atoms with E-state index in [2.05, 4.69) is 51.2 Å². The van der Waals surface area contributed by atoms with Gasteiger partial charge in [-0.15, -0.1) is 0 Å². The number of aliphatic hydroxyl groups excluding tert-OH is 1. The summed E-state index contributed by atoms with van der Waals surface area (Å²) in [5, 5.41) is 12.4. The largest absolute Gasteiger partial charge is 0.396 e. The van der Waals surface area contributed by atoms with E-state index >= 15 is 0 Å². The van der Waals surface area contributed by atoms with E-state index in [1.165, 1.54) is 16.7 Å². The van der Waals surface area contributed by atoms with Crippen LogP contribution < -0.4 is 5.32 Å². The molecule has 0 aromatic heterocycles. The highest BCUT2D eigenvalue weighted by Crippen LogP contribution is 2.17. The summed E-state index contributed by atoms with van der Waals surface area (Å²) in [5.74, 6) is 0.522. The van der Waals surface area contributed by atoms with Crippen molar-refractivity contribution < 1.29 is 5.11 Å². The summed E-state index contributed by atoms with van der Waals surface area (Å²) in [6, 6.07) is 7.00. The summed E-state index contributed by atoms with van der Waals surface area (Å²) >= 11 is 0. The molecular weight excluding hydrogens is 210 g/mol. The topological polar surface area (TPSA) is 32.3 Å². The van der Waals surface area contributed by atoms with Crippen LogP contribution in [-0.4, -0.2) is 18.3 Å². The minimum atomic E-state index is 0.279. The number of aryl methyl sites for hydroxylation is 2. The second kappa shape index (κ2) is 6.77. The summed E-state index contributed by atoms with van der Waals surface area (Å²) in [5.41, 5.74) is 4.03. The van der Waals surface area contributed by atoms with Gasteiger partial charge >= 0.3 is 0 Å². The molecule has 0 radical (unpaired) electrons. The lowest BCUT2D eigenvalue weighted by Crippen LogP contribution is -2.25. The van der Waals surface area contributed by atoms with Gasteiger partial charge in [0.2, 0.25) is 0 Å². The summed E-state index contributed by atoms with van der Waals surface area (Å²) in [7, 11) is 0. The molecular formula is C15H25NO. The molecule has 2 N–H and O–H groups in total. The molecule has 0 heterocycles. The highest BCUT2D eigenvalue weighted by atomic mass is 16.3. The first-order valence-corrected chi connectivity index (χ1v) is 6.46. The van der Waals surface area contributed by atoms with Crippen molar-refractivity contribution in [3.8, 4) is 0 Å². The minimum Gasteiger partial charge on any atom is -0.396 e. The Hall–Kier alpha value is -0.860. The van der Waals surface area contributed by atoms with Crippen LogP contribution in [0.3, 0.4) is 0 Å². The number of hydrogen-bond acceptors (Lipinski definition) is 2. The molecule has 2 atom stereocenters. The molecule has 0 bridgehead atoms. The van der Waals surface area contributed by atoms with Crippen molar-refractivity contribution in [2.24, 2.45) is 5.92 Å². The van der Waals surface area contributed by atoms with E-state index in [1.807, 2.05) is 0 Å². The van der Waals surface area contributed by atoms with Crippen molar-refractivity contribution in [2.75, 3.05) is 13.2 Å². The van der Waals surface area contributed by atoms with Crippen LogP contribution in [-0.2, 0) is 0 Å². The molecule has 0 fully saturated rings. The fourth-order valence-corrected chi connectivity index (χ4v) is 1.85. The average molecular weight is 235 g/mol. The van der Waals surface area contributed by atoms with E-state index in [0.717, 1.165) is 13.0 Å². The molecule has 1 rings (SSSR count). The van der Waals surface area contributed by atoms with E-state index in [1.54, 1.807) is 0 Å². The van der Waals surface area contributed by atoms with Crippen LogP contribution in [0.2, 0.25) is 0 Å². The number of benzene rings is 1. The summed E-state index contributed by atoms with van der Waals surface area (Å²) in [6.45, 7) is 9.88. The molecule has 0 aliphatic heterocycles. The predicted molar refractivity (Wildman–Crippen MR) is 73.2 cm³/mol. The first kappa shape index (κ1) is 14.2. The molecule has 0 saturated carbocycles. The van der Waals surface area contributed by atoms with Crippen LogP contribution in [0.4, 0.5) is 0 Å². The smallest absolute Gasteiger partial charge is 0.0434 e. The first-order chi connectivity index (χ1) is 8.04. The Balaban J connectivity index is 2.52. The van der Waals surface area contributed by atoms with Crippen LogP contribution in [0.25, 0.3) is 0 Å². The van der Waals surface area contributed by atoms with Gasteiger partial charge in [-0.25, -0.2) is 0 Å². The second-order valence-electron chi connectivity index (χ2n) is 5.09. The quantitative estimate of drug-likeness (QED) is 0.794. The third-order valence-electron chi connectivity index (χ3n) is 3.43. The second-order valence-corrected chi connectivity index (χ2v) is 5.09. The Kier molecular flexibility index (Phi) is 5.66. The number of aliphatic hydroxyl groups is 1. The highest BCUT2D eigenvalue weighted by Gasteiger charge is 2.08. The molecule has 2 nitrogen and oxygen atoms in total. The van der Waals surface area contributed by atoms with Crippen molar-refractivity contribution in [1.82, 2.24) is 5.32 Å². The monoisotopic (exact) mass is 235 g/mol. The highest BCUT2D eigenvalue weighted by molar-refractivity contribution is 5.31. The van der Waals surface area contributed by atoms with Crippen LogP contribution >= 0.6 is 0 Å². The first-order valence-electron chi connectivity index (χ1n) is 6.46. The van der Waals surface area contributed by atoms with Crippen LogP contribution in [0, 0.1) is 19.8 Å². The lowest BCUT2D eigenvalue weighted by molar-refractivity contribution is 0.258. The molecule has 17 heavy (non-hydrogen) atoms. The normalized spacial score (nSPS) is 14.6. The summed E-state index contributed by atoms with van der Waals surface area (Å²) in [4.78, 5) is 0. The predicted octanol–water partition coefficient (Wildman–Crippen LogP) is 2.97. The van der Waals surface area contributed by atoms with Gasteiger partial charge in [-0.3, -0.25) is 0 Å². The maximum absolute atomic E-state index is 8.86. The van der Waals surface area contributed by atoms with Crippen molar-refractivity contribution in [3.05, 3.63) is 34.9 Å². The molecule has 0 aliphatic rings. The van der Waals surface area contributed by atoms with Crippen molar-refractivity contribution in [1.29, 1.82) is 0 Å². The van der Waals surface area contributed by atoms with E-state index in [9.17, 15) is 0 Å². The van der Waals surface area contributed by atoms with E-state index in [4.69, 9.17) is 5.11 Å². The standard InChI is InChI=1S/C15H25NO/c1-11(7-8-17)10-16-14(4)15-6-5-12(2)13(3)9-15/h5-6,9,11,14,16-17H,7-8,10H2,1-4H3. The van der Waals surface area contributed by atoms with Crippen molar-refractivity contribution in [3.63, 3.8) is 0 Å². The van der Waals surface area contributed by atoms with E-state index in [0.29, 0.717) is 12.0 Å². The molecule has 2 unspecified atom stereocenters. The molecule has 0 aliphatic carbocycles. The zero-order chi connectivity index (χ0) is 12.8. The zero-order valence-corrected chi connectivity index (χ0v) is 11.5. The van der Waals surface area contributed by atoms with Crippen LogP contribution in [0.1, 0.15) is 43.0 Å². The number of rotatable bonds is 6. The summed E-state index contributed by atoms with van der Waals surface area (Å²) < 4.78 is 0. The zero-order valence-electron chi connectivity index (χ0n) is 11.5. The number of hydrogen-bond donors (Lipinski definition) is 2. The van der Waals surface area contributed by atoms with Gasteiger partial charge < -0.3 is 10.4 Å². The van der Waals surface area contributed by atoms with E-state index < -0.39 is 0 Å². The van der Waals surface area contributed by atoms with Crippen LogP contribution in [0.15, 0.2) is 18.2 Å². The maximum atomic E-state index is 8.86. The molecule has 1 aromatic rings. The van der Waals surface area contributed by atoms with Gasteiger partial charge in [-0.2, -0.15) is 0 Å². The van der Waals surface area contributed by atoms with Gasteiger partial charge in [0.1, 0.15) is 0 Å². The maximum Gasteiger partial charge on any atom is 0.0434 e. The van der Waals surface area contributed by atoms with Gasteiger partial charge in [-0.05, 0) is 56.3 Å². The Bertz CT molecular complexity index is 349. The van der Waals surface area contributed by atoms with Crippen molar-refractivity contribution >= 4 is 0 Å². The van der Waals surface area contributed by atoms with Gasteiger partial charge in [0, 0.05) is 12.6 Å². The van der Waals surface area contributed by atoms with Crippen molar-refractivity contribution in [2.45, 2.75) is 40.2 Å². The molecule has 1 aromatic carbocycles. The van der Waals surface area contributed by atoms with Gasteiger partial charge in [-0.1, -0.05) is 25.1 Å². The van der Waals surface area contributed by atoms with Gasteiger partial charge in [0.25, 0.3) is 0 Å². The lowest BCUT2D eigenvalue weighted by atomic mass is 10.0. The third kappa shape index (κ3) is 4.49. The Morgan fingerprint density at radius 1 is 1.18 bits per heavy atom. The Morgan fingerprint density at radius 2 is 1.88 bits per heavy atom. The Labute approximate surface area is 105 Å². The van der Waals surface area contributed by atoms with Gasteiger partial charge in [0.05, 0.1) is 0 Å². The molecule has 2 heteroatoms. The fraction of sp³-hybridized carbons (Fsp3) is 0.600. The fourth-order valence-electron chi connectivity index (χ4n) is 1.85. The Morgan fingerprint density at radius 3 is 2.47 bits per heavy atom. The van der Waals surface area contributed by atoms with E-state index in [-0.39, 0.29) is 6.61 Å². The molecule has 0 spiro atoms. The molecule has 0 saturated heterocycles. The molecule has 0 amide bonds. The minimum absolute atomic E-state index is 0.279. The van der Waals surface area contributed by atoms with Crippen LogP contribution in [0.5, 0.6) is 0 Å². The third-order valence-corrected chi connectivity index (χ3v) is 3.43.